The molecule has 0 saturated heterocycles. The van der Waals surface area contributed by atoms with Crippen LogP contribution in [0.1, 0.15) is 32.1 Å². The van der Waals surface area contributed by atoms with Crippen molar-refractivity contribution in [2.24, 2.45) is 11.5 Å². The highest BCUT2D eigenvalue weighted by Gasteiger charge is 2.35. The Labute approximate surface area is 537 Å². The van der Waals surface area contributed by atoms with Crippen molar-refractivity contribution in [3.8, 4) is 79.3 Å². The molecule has 22 nitrogen and oxygen atoms in total. The number of rotatable bonds is 15. The van der Waals surface area contributed by atoms with Gasteiger partial charge in [0.25, 0.3) is 0 Å². The van der Waals surface area contributed by atoms with Gasteiger partial charge < -0.3 is 31.2 Å². The van der Waals surface area contributed by atoms with Crippen LogP contribution in [0.4, 0.5) is 35.1 Å². The van der Waals surface area contributed by atoms with Gasteiger partial charge in [0.2, 0.25) is 17.6 Å². The van der Waals surface area contributed by atoms with E-state index in [0.29, 0.717) is 55.2 Å². The maximum Gasteiger partial charge on any atom is 0.451 e. The maximum absolute atomic E-state index is 14.4. The van der Waals surface area contributed by atoms with Gasteiger partial charge >= 0.3 is 6.18 Å². The van der Waals surface area contributed by atoms with Crippen molar-refractivity contribution >= 4 is 55.4 Å². The summed E-state index contributed by atoms with van der Waals surface area (Å²) in [5, 5.41) is 46.9. The van der Waals surface area contributed by atoms with Crippen LogP contribution >= 0.6 is 0 Å². The van der Waals surface area contributed by atoms with Gasteiger partial charge in [-0.1, -0.05) is 18.2 Å². The molecule has 0 atom stereocenters. The van der Waals surface area contributed by atoms with Crippen molar-refractivity contribution in [2.45, 2.75) is 12.7 Å². The molecule has 0 bridgehead atoms. The van der Waals surface area contributed by atoms with Crippen molar-refractivity contribution in [1.29, 1.82) is 0 Å². The van der Waals surface area contributed by atoms with E-state index in [-0.39, 0.29) is 39.6 Å². The zero-order valence-corrected chi connectivity index (χ0v) is 50.9. The zero-order chi connectivity index (χ0) is 67.9. The molecular weight excluding hydrogens is 1260 g/mol. The Hall–Kier alpha value is -12.2. The molecule has 11 N–H and O–H groups in total. The highest BCUT2D eigenvalue weighted by Crippen LogP contribution is 2.37. The highest BCUT2D eigenvalue weighted by molar-refractivity contribution is 6.02. The molecule has 0 aliphatic rings. The molecule has 14 rings (SSSR count). The fourth-order valence-electron chi connectivity index (χ4n) is 10.1. The van der Waals surface area contributed by atoms with Crippen LogP contribution < -0.4 is 26.3 Å². The average Bonchev–Trinajstić information content (AvgIpc) is 1.63. The Kier molecular flexibility index (Phi) is 19.0. The van der Waals surface area contributed by atoms with E-state index in [0.717, 1.165) is 71.4 Å². The Bertz CT molecular complexity index is 5100. The molecule has 96 heavy (non-hydrogen) atoms. The average molecular weight is 1320 g/mol. The first-order valence-corrected chi connectivity index (χ1v) is 28.8. The summed E-state index contributed by atoms with van der Waals surface area (Å²) < 4.78 is 116. The predicted octanol–water partition coefficient (Wildman–Crippen LogP) is 12.1. The van der Waals surface area contributed by atoms with E-state index in [1.807, 2.05) is 17.2 Å². The monoisotopic (exact) mass is 1310 g/mol. The minimum atomic E-state index is -4.59. The number of amides is 2. The fourth-order valence-corrected chi connectivity index (χ4v) is 10.1. The summed E-state index contributed by atoms with van der Waals surface area (Å²) in [6.45, 7) is 2.82. The molecule has 30 heteroatoms. The van der Waals surface area contributed by atoms with E-state index in [2.05, 4.69) is 125 Å². The van der Waals surface area contributed by atoms with Gasteiger partial charge in [0.1, 0.15) is 23.5 Å². The van der Waals surface area contributed by atoms with E-state index in [1.54, 1.807) is 48.5 Å². The second-order valence-electron chi connectivity index (χ2n) is 21.5. The minimum Gasteiger partial charge on any atom is -0.491 e. The number of hydrogen-bond donors (Lipinski definition) is 9. The Morgan fingerprint density at radius 2 is 1.06 bits per heavy atom. The van der Waals surface area contributed by atoms with E-state index >= 15 is 0 Å². The highest BCUT2D eigenvalue weighted by atomic mass is 19.4. The van der Waals surface area contributed by atoms with Gasteiger partial charge in [0, 0.05) is 85.7 Å². The lowest BCUT2D eigenvalue weighted by atomic mass is 10.0. The smallest absolute Gasteiger partial charge is 0.451 e. The molecule has 0 unspecified atom stereocenters. The summed E-state index contributed by atoms with van der Waals surface area (Å²) in [6, 6.07) is 39.3. The lowest BCUT2D eigenvalue weighted by Gasteiger charge is -2.10. The minimum absolute atomic E-state index is 0.0612. The van der Waals surface area contributed by atoms with Crippen LogP contribution in [0.25, 0.3) is 111 Å². The van der Waals surface area contributed by atoms with Gasteiger partial charge in [-0.05, 0) is 147 Å². The number of carbonyl (C=O) groups is 2. The zero-order valence-electron chi connectivity index (χ0n) is 50.9. The van der Waals surface area contributed by atoms with Gasteiger partial charge in [-0.25, -0.2) is 31.9 Å². The topological polar surface area (TPSA) is 318 Å². The number of aromatic nitrogens is 14. The number of alkyl halides is 3. The number of methoxy groups -OCH3 is 2. The lowest BCUT2D eigenvalue weighted by Crippen LogP contribution is -2.26. The van der Waals surface area contributed by atoms with Crippen LogP contribution in [-0.4, -0.2) is 129 Å². The number of nitrogens with one attached hydrogen (secondary N) is 7. The molecule has 6 aromatic heterocycles. The third-order valence-corrected chi connectivity index (χ3v) is 14.9. The number of nitrogens with two attached hydrogens (primary N) is 2. The van der Waals surface area contributed by atoms with E-state index < -0.39 is 58.6 Å². The van der Waals surface area contributed by atoms with Crippen LogP contribution in [-0.2, 0) is 12.7 Å². The SMILES string of the molecule is CN(C)CCNCc1cccc(-c2n[nH]c3ccc(-c4ncn[nH]4)cc23)c1.COc1c(F)cc(-c2n[nH]c3ccc(C(N)=O)cc23)cc1F.COc1c(F)ccc(-c2n[nH]c3ccc(C(N)=O)cc23)c1F.Fc1ccc(-c2n[nH]c3ccc(-c4n[nH]c(C(F)(F)F)n4)cc23)cc1. The maximum atomic E-state index is 14.4. The Balaban J connectivity index is 0.000000131. The number of primary amides is 2. The van der Waals surface area contributed by atoms with Gasteiger partial charge in [0.05, 0.1) is 47.7 Å². The standard InChI is InChI=1S/C20H23N7.C16H9F4N5.2C15H11F2N3O2/c1-27(2)9-8-21-12-14-4-3-5-15(10-14)19-17-11-16(20-22-13-23-26-20)6-7-18(17)24-25-19;17-10-4-1-8(2-5-10)13-11-7-9(3-6-12(11)22-23-13)14-21-15(25-24-14)16(18,19)20;1-22-14-10(16)4-3-8(12(14)17)13-9-6-7(15(18)21)2-5-11(9)19-20-13;1-22-14-10(16)5-8(6-11(14)17)13-9-4-7(15(18)21)2-3-12(9)19-20-13/h3-7,10-11,13,21H,8-9,12H2,1-2H3,(H,24,25)(H,22,23,26);1-7H,(H,22,23)(H,21,24,25);2*2-6H,1H3,(H2,18,21)(H,19,20). The normalized spacial score (nSPS) is 11.3. The molecule has 488 valence electrons. The molecule has 0 radical (unpaired) electrons. The molecule has 0 saturated carbocycles. The second kappa shape index (κ2) is 28.0. The van der Waals surface area contributed by atoms with E-state index in [4.69, 9.17) is 16.2 Å². The molecule has 0 fully saturated rings. The second-order valence-corrected chi connectivity index (χ2v) is 21.5. The van der Waals surface area contributed by atoms with Crippen molar-refractivity contribution in [2.75, 3.05) is 41.4 Å². The first-order valence-electron chi connectivity index (χ1n) is 28.8. The van der Waals surface area contributed by atoms with Crippen molar-refractivity contribution in [3.05, 3.63) is 204 Å². The van der Waals surface area contributed by atoms with Crippen molar-refractivity contribution in [3.63, 3.8) is 0 Å². The molecule has 6 heterocycles. The van der Waals surface area contributed by atoms with Gasteiger partial charge in [-0.3, -0.25) is 40.2 Å². The lowest BCUT2D eigenvalue weighted by molar-refractivity contribution is -0.144. The van der Waals surface area contributed by atoms with E-state index in [9.17, 15) is 44.7 Å². The number of aromatic amines is 6. The molecule has 8 aromatic carbocycles. The molecule has 0 aliphatic heterocycles. The van der Waals surface area contributed by atoms with Gasteiger partial charge in [-0.2, -0.15) is 43.8 Å². The molecule has 2 amide bonds. The van der Waals surface area contributed by atoms with Crippen LogP contribution in [0.3, 0.4) is 0 Å². The first kappa shape index (κ1) is 65.3. The number of likely N-dealkylation sites (N-methyl/N-ethyl adjacent to an activating group) is 1. The number of hydrogen-bond acceptors (Lipinski definition) is 14. The number of carbonyl (C=O) groups excluding carboxylic acids is 2. The number of H-pyrrole nitrogens is 6. The van der Waals surface area contributed by atoms with Crippen molar-refractivity contribution < 1.29 is 54.2 Å². The quantitative estimate of drug-likeness (QED) is 0.0341. The number of fused-ring (bicyclic) bond motifs is 4. The first-order chi connectivity index (χ1) is 46.1. The fraction of sp³-hybridized carbons (Fsp3) is 0.121. The van der Waals surface area contributed by atoms with E-state index in [1.165, 1.54) is 62.5 Å². The van der Waals surface area contributed by atoms with Crippen LogP contribution in [0.5, 0.6) is 11.5 Å². The van der Waals surface area contributed by atoms with Crippen LogP contribution in [0, 0.1) is 29.1 Å². The Morgan fingerprint density at radius 1 is 0.531 bits per heavy atom. The molecular formula is C66H54F8N18O4. The predicted molar refractivity (Wildman–Crippen MR) is 342 cm³/mol. The van der Waals surface area contributed by atoms with Gasteiger partial charge in [0.15, 0.2) is 46.4 Å². The summed E-state index contributed by atoms with van der Waals surface area (Å²) in [4.78, 5) is 32.4. The summed E-state index contributed by atoms with van der Waals surface area (Å²) in [6.07, 6.45) is -3.08. The number of halogens is 8. The third-order valence-electron chi connectivity index (χ3n) is 14.9. The number of benzene rings is 8. The summed E-state index contributed by atoms with van der Waals surface area (Å²) in [7, 11) is 6.53. The molecule has 14 aromatic rings. The van der Waals surface area contributed by atoms with Crippen LogP contribution in [0.2, 0.25) is 0 Å². The van der Waals surface area contributed by atoms with Crippen LogP contribution in [0.15, 0.2) is 152 Å². The van der Waals surface area contributed by atoms with Gasteiger partial charge in [-0.15, -0.1) is 0 Å². The number of nitrogens with zero attached hydrogens (tertiary/aromatic N) is 9. The third kappa shape index (κ3) is 14.2. The summed E-state index contributed by atoms with van der Waals surface area (Å²) >= 11 is 0. The number of ether oxygens (including phenoxy) is 2. The Morgan fingerprint density at radius 3 is 1.61 bits per heavy atom. The molecule has 0 aliphatic carbocycles. The molecule has 0 spiro atoms. The van der Waals surface area contributed by atoms with Crippen molar-refractivity contribution in [1.82, 2.24) is 81.4 Å². The summed E-state index contributed by atoms with van der Waals surface area (Å²) in [5.74, 6) is -6.32. The summed E-state index contributed by atoms with van der Waals surface area (Å²) in [5.41, 5.74) is 20.7. The largest absolute Gasteiger partial charge is 0.491 e.